The van der Waals surface area contributed by atoms with Gasteiger partial charge < -0.3 is 9.84 Å². The quantitative estimate of drug-likeness (QED) is 0.208. The molecular formula is C29H26N4O4. The van der Waals surface area contributed by atoms with Crippen molar-refractivity contribution in [2.45, 2.75) is 19.9 Å². The van der Waals surface area contributed by atoms with Crippen molar-refractivity contribution in [3.63, 3.8) is 0 Å². The Morgan fingerprint density at radius 1 is 1.14 bits per heavy atom. The second kappa shape index (κ2) is 11.3. The molecule has 4 aromatic rings. The van der Waals surface area contributed by atoms with E-state index in [4.69, 9.17) is 9.84 Å². The van der Waals surface area contributed by atoms with Crippen LogP contribution in [0.15, 0.2) is 77.7 Å². The predicted octanol–water partition coefficient (Wildman–Crippen LogP) is 4.52. The second-order valence-electron chi connectivity index (χ2n) is 8.39. The molecule has 2 aromatic carbocycles. The molecule has 8 heteroatoms. The van der Waals surface area contributed by atoms with Crippen molar-refractivity contribution in [3.8, 4) is 28.9 Å². The van der Waals surface area contributed by atoms with Gasteiger partial charge in [0.2, 0.25) is 5.88 Å². The lowest BCUT2D eigenvalue weighted by Gasteiger charge is -2.14. The molecule has 186 valence electrons. The van der Waals surface area contributed by atoms with Crippen LogP contribution in [0.5, 0.6) is 5.88 Å². The van der Waals surface area contributed by atoms with Gasteiger partial charge >= 0.3 is 0 Å². The number of ketones is 1. The van der Waals surface area contributed by atoms with E-state index in [1.807, 2.05) is 72.9 Å². The summed E-state index contributed by atoms with van der Waals surface area (Å²) in [4.78, 5) is 26.1. The highest BCUT2D eigenvalue weighted by Crippen LogP contribution is 2.27. The Morgan fingerprint density at radius 2 is 1.81 bits per heavy atom. The van der Waals surface area contributed by atoms with E-state index in [0.29, 0.717) is 24.3 Å². The van der Waals surface area contributed by atoms with Crippen LogP contribution in [0.2, 0.25) is 0 Å². The number of pyridine rings is 1. The lowest BCUT2D eigenvalue weighted by atomic mass is 10.0. The zero-order valence-electron chi connectivity index (χ0n) is 20.6. The van der Waals surface area contributed by atoms with Crippen LogP contribution in [0.4, 0.5) is 0 Å². The third-order valence-electron chi connectivity index (χ3n) is 6.00. The van der Waals surface area contributed by atoms with Crippen LogP contribution < -0.4 is 5.56 Å². The van der Waals surface area contributed by atoms with Gasteiger partial charge in [-0.25, -0.2) is 4.68 Å². The fourth-order valence-electron chi connectivity index (χ4n) is 4.11. The number of allylic oxidation sites excluding steroid dienone is 1. The molecule has 0 aliphatic rings. The smallest absolute Gasteiger partial charge is 0.271 e. The summed E-state index contributed by atoms with van der Waals surface area (Å²) in [7, 11) is 1.53. The summed E-state index contributed by atoms with van der Waals surface area (Å²) >= 11 is 0. The monoisotopic (exact) mass is 494 g/mol. The highest BCUT2D eigenvalue weighted by molar-refractivity contribution is 6.09. The van der Waals surface area contributed by atoms with Crippen LogP contribution in [0.1, 0.15) is 33.5 Å². The van der Waals surface area contributed by atoms with Crippen molar-refractivity contribution >= 4 is 11.9 Å². The predicted molar refractivity (Wildman–Crippen MR) is 141 cm³/mol. The SMILES string of the molecule is COCCCn1c(O)c(C(=O)/C=C/c2cn(-c3ccccc3)nc2-c2ccccc2)c(C)c(C#N)c1=O. The van der Waals surface area contributed by atoms with Gasteiger partial charge in [-0.1, -0.05) is 48.5 Å². The Kier molecular flexibility index (Phi) is 7.77. The number of nitriles is 1. The Bertz CT molecular complexity index is 1550. The van der Waals surface area contributed by atoms with Gasteiger partial charge in [0.25, 0.3) is 5.56 Å². The molecule has 0 fully saturated rings. The molecule has 0 amide bonds. The molecule has 0 spiro atoms. The van der Waals surface area contributed by atoms with E-state index in [9.17, 15) is 20.0 Å². The number of aromatic hydroxyl groups is 1. The molecule has 0 bridgehead atoms. The highest BCUT2D eigenvalue weighted by Gasteiger charge is 2.23. The van der Waals surface area contributed by atoms with Crippen molar-refractivity contribution in [2.24, 2.45) is 0 Å². The molecule has 4 rings (SSSR count). The molecule has 0 saturated carbocycles. The molecule has 2 aromatic heterocycles. The fourth-order valence-corrected chi connectivity index (χ4v) is 4.11. The number of ether oxygens (including phenoxy) is 1. The Hall–Kier alpha value is -4.74. The third kappa shape index (κ3) is 5.27. The van der Waals surface area contributed by atoms with Crippen LogP contribution in [-0.2, 0) is 11.3 Å². The fraction of sp³-hybridized carbons (Fsp3) is 0.172. The van der Waals surface area contributed by atoms with Crippen LogP contribution in [0.25, 0.3) is 23.0 Å². The zero-order valence-corrected chi connectivity index (χ0v) is 20.6. The first-order valence-corrected chi connectivity index (χ1v) is 11.7. The summed E-state index contributed by atoms with van der Waals surface area (Å²) in [6, 6.07) is 21.1. The topological polar surface area (TPSA) is 110 Å². The second-order valence-corrected chi connectivity index (χ2v) is 8.39. The van der Waals surface area contributed by atoms with E-state index >= 15 is 0 Å². The maximum atomic E-state index is 13.3. The van der Waals surface area contributed by atoms with E-state index < -0.39 is 17.2 Å². The number of methoxy groups -OCH3 is 1. The number of carbonyl (C=O) groups excluding carboxylic acids is 1. The average molecular weight is 495 g/mol. The zero-order chi connectivity index (χ0) is 26.4. The van der Waals surface area contributed by atoms with Gasteiger partial charge in [-0.2, -0.15) is 10.4 Å². The van der Waals surface area contributed by atoms with Crippen LogP contribution in [0.3, 0.4) is 0 Å². The summed E-state index contributed by atoms with van der Waals surface area (Å²) in [5, 5.41) is 25.2. The maximum absolute atomic E-state index is 13.3. The first-order valence-electron chi connectivity index (χ1n) is 11.7. The molecule has 0 aliphatic heterocycles. The molecule has 0 unspecified atom stereocenters. The Labute approximate surface area is 214 Å². The standard InChI is InChI=1S/C29H26N4O4/c1-20-24(18-30)28(35)32(16-9-17-37-2)29(36)26(20)25(34)15-14-22-19-33(23-12-7-4-8-13-23)31-27(22)21-10-5-3-6-11-21/h3-8,10-15,19,36H,9,16-17H2,1-2H3/b15-14+. The number of hydrogen-bond acceptors (Lipinski definition) is 6. The first-order chi connectivity index (χ1) is 18.0. The molecule has 37 heavy (non-hydrogen) atoms. The van der Waals surface area contributed by atoms with E-state index in [0.717, 1.165) is 15.8 Å². The molecule has 0 radical (unpaired) electrons. The van der Waals surface area contributed by atoms with E-state index in [-0.39, 0.29) is 23.2 Å². The lowest BCUT2D eigenvalue weighted by Crippen LogP contribution is -2.26. The summed E-state index contributed by atoms with van der Waals surface area (Å²) in [5.74, 6) is -0.992. The maximum Gasteiger partial charge on any atom is 0.271 e. The van der Waals surface area contributed by atoms with Crippen molar-refractivity contribution < 1.29 is 14.6 Å². The number of rotatable bonds is 9. The van der Waals surface area contributed by atoms with Gasteiger partial charge in [-0.3, -0.25) is 14.2 Å². The summed E-state index contributed by atoms with van der Waals surface area (Å²) < 4.78 is 7.81. The van der Waals surface area contributed by atoms with Crippen molar-refractivity contribution in [1.82, 2.24) is 14.3 Å². The Balaban J connectivity index is 1.77. The van der Waals surface area contributed by atoms with Crippen LogP contribution in [0, 0.1) is 18.3 Å². The summed E-state index contributed by atoms with van der Waals surface area (Å²) in [6.07, 6.45) is 5.20. The number of nitrogens with zero attached hydrogens (tertiary/aromatic N) is 4. The third-order valence-corrected chi connectivity index (χ3v) is 6.00. The molecular weight excluding hydrogens is 468 g/mol. The first kappa shape index (κ1) is 25.4. The highest BCUT2D eigenvalue weighted by atomic mass is 16.5. The number of hydrogen-bond donors (Lipinski definition) is 1. The van der Waals surface area contributed by atoms with Crippen molar-refractivity contribution in [1.29, 1.82) is 5.26 Å². The average Bonchev–Trinajstić information content (AvgIpc) is 3.35. The van der Waals surface area contributed by atoms with Gasteiger partial charge in [0.1, 0.15) is 11.6 Å². The van der Waals surface area contributed by atoms with Gasteiger partial charge in [0.15, 0.2) is 5.78 Å². The number of carbonyl (C=O) groups is 1. The molecule has 1 N–H and O–H groups in total. The van der Waals surface area contributed by atoms with Gasteiger partial charge in [-0.05, 0) is 43.2 Å². The van der Waals surface area contributed by atoms with Gasteiger partial charge in [-0.15, -0.1) is 0 Å². The molecule has 0 aliphatic carbocycles. The lowest BCUT2D eigenvalue weighted by molar-refractivity contribution is 0.104. The van der Waals surface area contributed by atoms with E-state index in [2.05, 4.69) is 0 Å². The molecule has 2 heterocycles. The minimum absolute atomic E-state index is 0.0819. The van der Waals surface area contributed by atoms with Crippen LogP contribution in [-0.4, -0.2) is 39.0 Å². The minimum atomic E-state index is -0.635. The molecule has 8 nitrogen and oxygen atoms in total. The van der Waals surface area contributed by atoms with Crippen molar-refractivity contribution in [3.05, 3.63) is 106 Å². The Morgan fingerprint density at radius 3 is 2.46 bits per heavy atom. The van der Waals surface area contributed by atoms with E-state index in [1.165, 1.54) is 20.1 Å². The number of para-hydroxylation sites is 1. The summed E-state index contributed by atoms with van der Waals surface area (Å²) in [5.41, 5.74) is 2.36. The van der Waals surface area contributed by atoms with E-state index in [1.54, 1.807) is 10.8 Å². The van der Waals surface area contributed by atoms with Crippen molar-refractivity contribution in [2.75, 3.05) is 13.7 Å². The summed E-state index contributed by atoms with van der Waals surface area (Å²) in [6.45, 7) is 1.96. The van der Waals surface area contributed by atoms with Gasteiger partial charge in [0.05, 0.1) is 16.9 Å². The normalized spacial score (nSPS) is 11.1. The molecule has 0 saturated heterocycles. The number of aromatic nitrogens is 3. The largest absolute Gasteiger partial charge is 0.494 e. The number of benzene rings is 2. The molecule has 0 atom stereocenters. The van der Waals surface area contributed by atoms with Crippen LogP contribution >= 0.6 is 0 Å². The minimum Gasteiger partial charge on any atom is -0.494 e. The van der Waals surface area contributed by atoms with Gasteiger partial charge in [0, 0.05) is 37.6 Å².